The first-order valence-corrected chi connectivity index (χ1v) is 16.2. The topological polar surface area (TPSA) is 36.7 Å². The molecule has 8 aromatic carbocycles. The summed E-state index contributed by atoms with van der Waals surface area (Å²) in [6.07, 6.45) is 1.90. The van der Waals surface area contributed by atoms with E-state index in [0.29, 0.717) is 5.56 Å². The standard InChI is InChI=1S/C46H28N2/c47-29-30-14-20-40-42(24-30)45(38-17-15-32-10-4-6-12-34(32)25-38)41-21-19-37(44-28-36(22-23-48-44)31-8-2-1-3-9-31)27-43(41)46(40)39-18-16-33-11-5-7-13-35(33)26-39/h1-28H. The van der Waals surface area contributed by atoms with Crippen molar-refractivity contribution in [1.82, 2.24) is 4.98 Å². The fourth-order valence-corrected chi connectivity index (χ4v) is 7.17. The zero-order valence-electron chi connectivity index (χ0n) is 26.1. The summed E-state index contributed by atoms with van der Waals surface area (Å²) in [7, 11) is 0. The molecule has 9 rings (SSSR count). The van der Waals surface area contributed by atoms with Crippen molar-refractivity contribution < 1.29 is 0 Å². The van der Waals surface area contributed by atoms with Crippen molar-refractivity contribution in [3.8, 4) is 50.7 Å². The van der Waals surface area contributed by atoms with Gasteiger partial charge < -0.3 is 0 Å². The highest BCUT2D eigenvalue weighted by Crippen LogP contribution is 2.46. The van der Waals surface area contributed by atoms with Gasteiger partial charge in [0.25, 0.3) is 0 Å². The Bertz CT molecular complexity index is 2730. The highest BCUT2D eigenvalue weighted by atomic mass is 14.7. The van der Waals surface area contributed by atoms with E-state index in [9.17, 15) is 5.26 Å². The smallest absolute Gasteiger partial charge is 0.0991 e. The Morgan fingerprint density at radius 2 is 0.938 bits per heavy atom. The molecule has 0 radical (unpaired) electrons. The van der Waals surface area contributed by atoms with E-state index in [1.54, 1.807) is 0 Å². The summed E-state index contributed by atoms with van der Waals surface area (Å²) in [6.45, 7) is 0. The van der Waals surface area contributed by atoms with Crippen molar-refractivity contribution >= 4 is 43.1 Å². The first kappa shape index (κ1) is 27.7. The summed E-state index contributed by atoms with van der Waals surface area (Å²) in [5.41, 5.74) is 9.47. The normalized spacial score (nSPS) is 11.3. The van der Waals surface area contributed by atoms with Crippen LogP contribution in [0.1, 0.15) is 5.56 Å². The number of nitrogens with zero attached hydrogens (tertiary/aromatic N) is 2. The lowest BCUT2D eigenvalue weighted by Gasteiger charge is -2.19. The highest BCUT2D eigenvalue weighted by molar-refractivity contribution is 6.22. The molecule has 0 amide bonds. The van der Waals surface area contributed by atoms with Gasteiger partial charge in [-0.3, -0.25) is 4.98 Å². The van der Waals surface area contributed by atoms with E-state index in [4.69, 9.17) is 4.98 Å². The monoisotopic (exact) mass is 608 g/mol. The summed E-state index contributed by atoms with van der Waals surface area (Å²) >= 11 is 0. The van der Waals surface area contributed by atoms with Crippen LogP contribution in [0.15, 0.2) is 170 Å². The molecule has 2 heteroatoms. The molecule has 0 N–H and O–H groups in total. The van der Waals surface area contributed by atoms with Crippen molar-refractivity contribution in [2.75, 3.05) is 0 Å². The fourth-order valence-electron chi connectivity index (χ4n) is 7.17. The number of benzene rings is 8. The third kappa shape index (κ3) is 4.69. The average molecular weight is 609 g/mol. The predicted octanol–water partition coefficient (Wildman–Crippen LogP) is 12.2. The van der Waals surface area contributed by atoms with E-state index in [-0.39, 0.29) is 0 Å². The van der Waals surface area contributed by atoms with E-state index in [1.807, 2.05) is 18.3 Å². The predicted molar refractivity (Wildman–Crippen MR) is 201 cm³/mol. The highest BCUT2D eigenvalue weighted by Gasteiger charge is 2.19. The van der Waals surface area contributed by atoms with Gasteiger partial charge >= 0.3 is 0 Å². The van der Waals surface area contributed by atoms with Gasteiger partial charge in [0.15, 0.2) is 0 Å². The zero-order chi connectivity index (χ0) is 32.0. The van der Waals surface area contributed by atoms with Crippen LogP contribution < -0.4 is 0 Å². The van der Waals surface area contributed by atoms with E-state index in [0.717, 1.165) is 66.2 Å². The molecule has 0 unspecified atom stereocenters. The summed E-state index contributed by atoms with van der Waals surface area (Å²) in [5.74, 6) is 0. The molecule has 48 heavy (non-hydrogen) atoms. The van der Waals surface area contributed by atoms with E-state index < -0.39 is 0 Å². The van der Waals surface area contributed by atoms with Gasteiger partial charge in [0.2, 0.25) is 0 Å². The van der Waals surface area contributed by atoms with Gasteiger partial charge in [-0.2, -0.15) is 5.26 Å². The maximum atomic E-state index is 10.0. The van der Waals surface area contributed by atoms with E-state index in [1.165, 1.54) is 21.5 Å². The lowest BCUT2D eigenvalue weighted by atomic mass is 9.84. The number of hydrogen-bond donors (Lipinski definition) is 0. The van der Waals surface area contributed by atoms with Crippen LogP contribution in [0.5, 0.6) is 0 Å². The lowest BCUT2D eigenvalue weighted by Crippen LogP contribution is -1.93. The maximum absolute atomic E-state index is 10.0. The maximum Gasteiger partial charge on any atom is 0.0991 e. The molecular weight excluding hydrogens is 581 g/mol. The molecule has 0 aliphatic heterocycles. The Balaban J connectivity index is 1.38. The molecule has 0 saturated carbocycles. The molecule has 0 bridgehead atoms. The molecule has 9 aromatic rings. The molecule has 222 valence electrons. The Kier molecular flexibility index (Phi) is 6.56. The second-order valence-electron chi connectivity index (χ2n) is 12.3. The van der Waals surface area contributed by atoms with Gasteiger partial charge in [-0.25, -0.2) is 0 Å². The van der Waals surface area contributed by atoms with Crippen molar-refractivity contribution in [3.63, 3.8) is 0 Å². The molecule has 0 aliphatic carbocycles. The van der Waals surface area contributed by atoms with Crippen molar-refractivity contribution in [3.05, 3.63) is 176 Å². The number of aromatic nitrogens is 1. The second kappa shape index (κ2) is 11.4. The first-order chi connectivity index (χ1) is 23.7. The number of rotatable bonds is 4. The molecule has 0 fully saturated rings. The van der Waals surface area contributed by atoms with Crippen molar-refractivity contribution in [1.29, 1.82) is 5.26 Å². The molecule has 0 spiro atoms. The number of fused-ring (bicyclic) bond motifs is 4. The van der Waals surface area contributed by atoms with Crippen LogP contribution in [0.25, 0.3) is 87.7 Å². The van der Waals surface area contributed by atoms with Crippen LogP contribution in [-0.4, -0.2) is 4.98 Å². The van der Waals surface area contributed by atoms with Gasteiger partial charge in [0.1, 0.15) is 0 Å². The zero-order valence-corrected chi connectivity index (χ0v) is 26.1. The van der Waals surface area contributed by atoms with Gasteiger partial charge in [-0.1, -0.05) is 121 Å². The fraction of sp³-hybridized carbons (Fsp3) is 0. The van der Waals surface area contributed by atoms with Crippen molar-refractivity contribution in [2.24, 2.45) is 0 Å². The number of pyridine rings is 1. The number of hydrogen-bond acceptors (Lipinski definition) is 2. The van der Waals surface area contributed by atoms with Gasteiger partial charge in [0.05, 0.1) is 17.3 Å². The summed E-state index contributed by atoms with van der Waals surface area (Å²) < 4.78 is 0. The Morgan fingerprint density at radius 1 is 0.375 bits per heavy atom. The largest absolute Gasteiger partial charge is 0.256 e. The number of nitriles is 1. The first-order valence-electron chi connectivity index (χ1n) is 16.2. The van der Waals surface area contributed by atoms with Crippen LogP contribution >= 0.6 is 0 Å². The van der Waals surface area contributed by atoms with Gasteiger partial charge in [0, 0.05) is 11.8 Å². The minimum atomic E-state index is 0.645. The average Bonchev–Trinajstić information content (AvgIpc) is 3.16. The molecule has 0 atom stereocenters. The molecule has 1 aromatic heterocycles. The van der Waals surface area contributed by atoms with Crippen LogP contribution in [0.4, 0.5) is 0 Å². The summed E-state index contributed by atoms with van der Waals surface area (Å²) in [4.78, 5) is 4.85. The van der Waals surface area contributed by atoms with E-state index >= 15 is 0 Å². The molecule has 2 nitrogen and oxygen atoms in total. The Morgan fingerprint density at radius 3 is 1.58 bits per heavy atom. The third-order valence-electron chi connectivity index (χ3n) is 9.48. The van der Waals surface area contributed by atoms with E-state index in [2.05, 4.69) is 158 Å². The minimum absolute atomic E-state index is 0.645. The second-order valence-corrected chi connectivity index (χ2v) is 12.3. The van der Waals surface area contributed by atoms with Gasteiger partial charge in [-0.15, -0.1) is 0 Å². The Labute approximate surface area is 278 Å². The SMILES string of the molecule is N#Cc1ccc2c(-c3ccc4ccccc4c3)c3cc(-c4cc(-c5ccccc5)ccn4)ccc3c(-c3ccc4ccccc4c3)c2c1. The molecule has 1 heterocycles. The Hall–Kier alpha value is -6.56. The van der Waals surface area contributed by atoms with Crippen LogP contribution in [0.3, 0.4) is 0 Å². The van der Waals surface area contributed by atoms with Crippen LogP contribution in [-0.2, 0) is 0 Å². The quantitative estimate of drug-likeness (QED) is 0.186. The molecular formula is C46H28N2. The molecule has 0 aliphatic rings. The molecule has 0 saturated heterocycles. The summed E-state index contributed by atoms with van der Waals surface area (Å²) in [6, 6.07) is 60.3. The third-order valence-corrected chi connectivity index (χ3v) is 9.48. The lowest BCUT2D eigenvalue weighted by molar-refractivity contribution is 1.33. The van der Waals surface area contributed by atoms with Crippen LogP contribution in [0.2, 0.25) is 0 Å². The van der Waals surface area contributed by atoms with Crippen molar-refractivity contribution in [2.45, 2.75) is 0 Å². The minimum Gasteiger partial charge on any atom is -0.256 e. The van der Waals surface area contributed by atoms with Crippen LogP contribution in [0, 0.1) is 11.3 Å². The van der Waals surface area contributed by atoms with Gasteiger partial charge in [-0.05, 0) is 119 Å². The summed E-state index contributed by atoms with van der Waals surface area (Å²) in [5, 5.41) is 19.3.